The van der Waals surface area contributed by atoms with Gasteiger partial charge in [-0.05, 0) is 6.07 Å². The van der Waals surface area contributed by atoms with E-state index in [1.54, 1.807) is 12.1 Å². The largest absolute Gasteiger partial charge is 0.497 e. The first kappa shape index (κ1) is 16.0. The van der Waals surface area contributed by atoms with Crippen molar-refractivity contribution in [2.24, 2.45) is 0 Å². The van der Waals surface area contributed by atoms with E-state index >= 15 is 0 Å². The quantitative estimate of drug-likeness (QED) is 0.650. The summed E-state index contributed by atoms with van der Waals surface area (Å²) in [6.07, 6.45) is 9.61. The van der Waals surface area contributed by atoms with Crippen LogP contribution < -0.4 is 4.90 Å². The molecular formula is C20H22N2O2+2. The lowest BCUT2D eigenvalue weighted by Crippen LogP contribution is -2.13. The molecule has 0 unspecified atom stereocenters. The van der Waals surface area contributed by atoms with Crippen LogP contribution in [0.2, 0.25) is 0 Å². The smallest absolute Gasteiger partial charge is 0.205 e. The topological polar surface area (TPSA) is 46.7 Å². The number of allylic oxidation sites excluding steroid dienone is 6. The van der Waals surface area contributed by atoms with Crippen molar-refractivity contribution in [2.45, 2.75) is 6.42 Å². The van der Waals surface area contributed by atoms with E-state index in [-0.39, 0.29) is 11.5 Å². The van der Waals surface area contributed by atoms with Crippen LogP contribution in [-0.4, -0.2) is 48.7 Å². The Morgan fingerprint density at radius 3 is 2.38 bits per heavy atom. The second-order valence-electron chi connectivity index (χ2n) is 6.45. The fraction of sp³-hybridized carbons (Fsp3) is 0.250. The Hall–Kier alpha value is -2.84. The Morgan fingerprint density at radius 1 is 1.12 bits per heavy atom. The van der Waals surface area contributed by atoms with E-state index in [1.165, 1.54) is 0 Å². The highest BCUT2D eigenvalue weighted by Crippen LogP contribution is 2.41. The van der Waals surface area contributed by atoms with Gasteiger partial charge in [0.15, 0.2) is 11.5 Å². The van der Waals surface area contributed by atoms with Gasteiger partial charge in [0.1, 0.15) is 36.4 Å². The van der Waals surface area contributed by atoms with Gasteiger partial charge in [-0.25, -0.2) is 4.58 Å². The molecule has 0 radical (unpaired) electrons. The molecule has 0 fully saturated rings. The summed E-state index contributed by atoms with van der Waals surface area (Å²) in [6, 6.07) is 5.65. The van der Waals surface area contributed by atoms with E-state index < -0.39 is 0 Å². The summed E-state index contributed by atoms with van der Waals surface area (Å²) in [5.74, 6) is 0.518. The Bertz CT molecular complexity index is 848. The van der Waals surface area contributed by atoms with Crippen molar-refractivity contribution in [1.82, 2.24) is 0 Å². The maximum absolute atomic E-state index is 10.2. The molecule has 0 saturated heterocycles. The summed E-state index contributed by atoms with van der Waals surface area (Å²) in [5.41, 5.74) is 5.44. The minimum Gasteiger partial charge on any atom is -0.497 e. The maximum atomic E-state index is 10.2. The van der Waals surface area contributed by atoms with Crippen LogP contribution >= 0.6 is 0 Å². The summed E-state index contributed by atoms with van der Waals surface area (Å²) in [6.45, 7) is 0. The third-order valence-electron chi connectivity index (χ3n) is 4.30. The fourth-order valence-corrected chi connectivity index (χ4v) is 2.77. The number of hydrogen-bond acceptors (Lipinski definition) is 3. The molecule has 2 aliphatic carbocycles. The molecule has 0 aromatic heterocycles. The van der Waals surface area contributed by atoms with Crippen molar-refractivity contribution in [3.8, 4) is 5.75 Å². The second kappa shape index (κ2) is 5.99. The van der Waals surface area contributed by atoms with Gasteiger partial charge in [0, 0.05) is 50.1 Å². The van der Waals surface area contributed by atoms with Crippen molar-refractivity contribution in [3.63, 3.8) is 0 Å². The van der Waals surface area contributed by atoms with Crippen LogP contribution in [0.25, 0.3) is 5.57 Å². The van der Waals surface area contributed by atoms with Gasteiger partial charge in [-0.3, -0.25) is 0 Å². The van der Waals surface area contributed by atoms with Gasteiger partial charge in [-0.1, -0.05) is 0 Å². The van der Waals surface area contributed by atoms with Crippen molar-refractivity contribution in [3.05, 3.63) is 65.0 Å². The summed E-state index contributed by atoms with van der Waals surface area (Å²) in [4.78, 5) is 1.95. The minimum atomic E-state index is 0.259. The van der Waals surface area contributed by atoms with Gasteiger partial charge in [0.2, 0.25) is 5.71 Å². The lowest BCUT2D eigenvalue weighted by Gasteiger charge is -2.15. The highest BCUT2D eigenvalue weighted by molar-refractivity contribution is 6.03. The molecule has 1 aromatic carbocycles. The number of hydrogen-bond donors (Lipinski definition) is 2. The molecule has 0 spiro atoms. The zero-order valence-electron chi connectivity index (χ0n) is 14.5. The summed E-state index contributed by atoms with van der Waals surface area (Å²) < 4.78 is 1.95. The fourth-order valence-electron chi connectivity index (χ4n) is 2.77. The number of aromatic hydroxyl groups is 1. The number of phenolic OH excluding ortho intramolecular Hbond substituents is 1. The van der Waals surface area contributed by atoms with Gasteiger partial charge in [-0.2, -0.15) is 0 Å². The third-order valence-corrected chi connectivity index (χ3v) is 4.30. The van der Waals surface area contributed by atoms with Crippen LogP contribution in [0, 0.1) is 6.08 Å². The average Bonchev–Trinajstić information content (AvgIpc) is 2.48. The van der Waals surface area contributed by atoms with Gasteiger partial charge >= 0.3 is 0 Å². The molecule has 3 rings (SSSR count). The average molecular weight is 322 g/mol. The number of nitrogens with zero attached hydrogens (tertiary/aromatic N) is 2. The molecule has 0 bridgehead atoms. The van der Waals surface area contributed by atoms with Crippen molar-refractivity contribution in [1.29, 1.82) is 0 Å². The van der Waals surface area contributed by atoms with E-state index in [0.717, 1.165) is 33.7 Å². The highest BCUT2D eigenvalue weighted by Gasteiger charge is 2.32. The van der Waals surface area contributed by atoms with E-state index in [4.69, 9.17) is 0 Å². The number of aliphatic hydroxyl groups is 1. The summed E-state index contributed by atoms with van der Waals surface area (Å²) in [5, 5.41) is 20.5. The van der Waals surface area contributed by atoms with Crippen molar-refractivity contribution in [2.75, 3.05) is 33.1 Å². The molecule has 0 amide bonds. The SMILES string of the molecule is CN(C)c1ccc(C2=[C+]C(=C3C=CC(=[N+](C)C)C=C3O)C2)c(O)c1. The molecule has 0 saturated carbocycles. The molecule has 0 aliphatic heterocycles. The Morgan fingerprint density at radius 2 is 1.83 bits per heavy atom. The number of aliphatic hydroxyl groups excluding tert-OH is 1. The zero-order chi connectivity index (χ0) is 17.4. The highest BCUT2D eigenvalue weighted by atomic mass is 16.3. The first-order valence-electron chi connectivity index (χ1n) is 7.87. The zero-order valence-corrected chi connectivity index (χ0v) is 14.5. The first-order valence-corrected chi connectivity index (χ1v) is 7.87. The summed E-state index contributed by atoms with van der Waals surface area (Å²) >= 11 is 0. The molecule has 24 heavy (non-hydrogen) atoms. The minimum absolute atomic E-state index is 0.259. The first-order chi connectivity index (χ1) is 11.4. The third kappa shape index (κ3) is 2.84. The van der Waals surface area contributed by atoms with Crippen LogP contribution in [0.15, 0.2) is 53.3 Å². The molecule has 4 nitrogen and oxygen atoms in total. The molecule has 0 atom stereocenters. The van der Waals surface area contributed by atoms with Gasteiger partial charge in [-0.15, -0.1) is 0 Å². The Labute approximate surface area is 142 Å². The normalized spacial score (nSPS) is 19.2. The van der Waals surface area contributed by atoms with Crippen molar-refractivity contribution < 1.29 is 14.8 Å². The molecular weight excluding hydrogens is 300 g/mol. The van der Waals surface area contributed by atoms with Crippen LogP contribution in [0.3, 0.4) is 0 Å². The number of benzene rings is 1. The standard InChI is InChI=1S/C20H20N2O2/c1-21(2)15-5-7-17(19(23)11-15)13-9-14(10-13)18-8-6-16(22(3)4)12-20(18)24/h5-8,11-12H,9H2,1-4H3/p+2. The Balaban J connectivity index is 1.89. The molecule has 122 valence electrons. The number of rotatable bonds is 2. The molecule has 0 heterocycles. The second-order valence-corrected chi connectivity index (χ2v) is 6.45. The van der Waals surface area contributed by atoms with Gasteiger partial charge in [0.25, 0.3) is 0 Å². The van der Waals surface area contributed by atoms with E-state index in [9.17, 15) is 10.2 Å². The molecule has 2 N–H and O–H groups in total. The number of phenols is 1. The maximum Gasteiger partial charge on any atom is 0.205 e. The lowest BCUT2D eigenvalue weighted by molar-refractivity contribution is -0.462. The predicted octanol–water partition coefficient (Wildman–Crippen LogP) is 3.07. The predicted molar refractivity (Wildman–Crippen MR) is 97.7 cm³/mol. The number of anilines is 1. The van der Waals surface area contributed by atoms with E-state index in [0.29, 0.717) is 6.42 Å². The molecule has 2 aliphatic rings. The van der Waals surface area contributed by atoms with E-state index in [2.05, 4.69) is 6.08 Å². The van der Waals surface area contributed by atoms with Crippen LogP contribution in [0.5, 0.6) is 5.75 Å². The van der Waals surface area contributed by atoms with Crippen molar-refractivity contribution >= 4 is 17.0 Å². The molecule has 1 aromatic rings. The Kier molecular flexibility index (Phi) is 4.00. The van der Waals surface area contributed by atoms with Gasteiger partial charge < -0.3 is 15.1 Å². The lowest BCUT2D eigenvalue weighted by atomic mass is 9.82. The van der Waals surface area contributed by atoms with Crippen LogP contribution in [-0.2, 0) is 0 Å². The van der Waals surface area contributed by atoms with E-state index in [1.807, 2.05) is 62.0 Å². The van der Waals surface area contributed by atoms with Crippen LogP contribution in [0.4, 0.5) is 5.69 Å². The monoisotopic (exact) mass is 322 g/mol. The van der Waals surface area contributed by atoms with Crippen LogP contribution in [0.1, 0.15) is 12.0 Å². The van der Waals surface area contributed by atoms with Gasteiger partial charge in [0.05, 0.1) is 12.5 Å². The molecule has 4 heteroatoms. The summed E-state index contributed by atoms with van der Waals surface area (Å²) in [7, 11) is 7.76.